The first-order valence-electron chi connectivity index (χ1n) is 8.72. The Morgan fingerprint density at radius 2 is 1.15 bits per heavy atom. The molecule has 2 atom stereocenters. The fourth-order valence-corrected chi connectivity index (χ4v) is 3.82. The lowest BCUT2D eigenvalue weighted by Crippen LogP contribution is -2.03. The van der Waals surface area contributed by atoms with Crippen LogP contribution in [0.5, 0.6) is 5.75 Å². The Balaban J connectivity index is 1.87. The van der Waals surface area contributed by atoms with E-state index in [0.29, 0.717) is 5.56 Å². The minimum atomic E-state index is -4.47. The van der Waals surface area contributed by atoms with Crippen LogP contribution in [0.25, 0.3) is 0 Å². The number of hydrogen-bond acceptors (Lipinski definition) is 3. The fraction of sp³-hybridized carbons (Fsp3) is 0.182. The van der Waals surface area contributed by atoms with E-state index in [0.717, 1.165) is 5.56 Å². The smallest absolute Gasteiger partial charge is 0.298 e. The van der Waals surface area contributed by atoms with E-state index in [2.05, 4.69) is 31.2 Å². The molecule has 3 rings (SSSR count). The first-order chi connectivity index (χ1) is 12.8. The van der Waals surface area contributed by atoms with Gasteiger partial charge in [-0.3, -0.25) is 4.55 Å². The van der Waals surface area contributed by atoms with Crippen molar-refractivity contribution in [2.45, 2.75) is 30.6 Å². The van der Waals surface area contributed by atoms with E-state index in [4.69, 9.17) is 0 Å². The summed E-state index contributed by atoms with van der Waals surface area (Å²) in [5.74, 6) is -0.275. The monoisotopic (exact) mass is 382 g/mol. The third-order valence-corrected chi connectivity index (χ3v) is 5.88. The van der Waals surface area contributed by atoms with Gasteiger partial charge in [-0.1, -0.05) is 74.5 Å². The van der Waals surface area contributed by atoms with Crippen LogP contribution in [0.2, 0.25) is 0 Å². The van der Waals surface area contributed by atoms with Gasteiger partial charge in [0, 0.05) is 11.8 Å². The van der Waals surface area contributed by atoms with E-state index in [1.165, 1.54) is 23.3 Å². The van der Waals surface area contributed by atoms with Crippen LogP contribution in [0.4, 0.5) is 0 Å². The summed E-state index contributed by atoms with van der Waals surface area (Å²) in [4.78, 5) is -0.471. The van der Waals surface area contributed by atoms with Crippen molar-refractivity contribution < 1.29 is 18.1 Å². The number of phenols is 1. The second kappa shape index (κ2) is 7.55. The van der Waals surface area contributed by atoms with E-state index in [9.17, 15) is 18.1 Å². The molecule has 0 spiro atoms. The van der Waals surface area contributed by atoms with Gasteiger partial charge in [0.05, 0.1) is 0 Å². The van der Waals surface area contributed by atoms with Crippen molar-refractivity contribution in [3.8, 4) is 5.75 Å². The molecule has 0 radical (unpaired) electrons. The molecule has 4 nitrogen and oxygen atoms in total. The highest BCUT2D eigenvalue weighted by molar-refractivity contribution is 7.86. The van der Waals surface area contributed by atoms with Crippen molar-refractivity contribution in [3.63, 3.8) is 0 Å². The molecule has 0 saturated heterocycles. The fourth-order valence-electron chi connectivity index (χ4n) is 3.21. The third-order valence-electron chi connectivity index (χ3n) is 5.00. The molecule has 3 aromatic rings. The zero-order valence-corrected chi connectivity index (χ0v) is 16.0. The maximum Gasteiger partial charge on any atom is 0.298 e. The highest BCUT2D eigenvalue weighted by atomic mass is 32.2. The van der Waals surface area contributed by atoms with Gasteiger partial charge in [-0.15, -0.1) is 0 Å². The number of phenolic OH excluding ortho intramolecular Hbond substituents is 1. The summed E-state index contributed by atoms with van der Waals surface area (Å²) in [6.45, 7) is 4.11. The molecule has 0 bridgehead atoms. The lowest BCUT2D eigenvalue weighted by atomic mass is 9.89. The molecule has 0 aromatic heterocycles. The number of aromatic hydroxyl groups is 1. The topological polar surface area (TPSA) is 74.6 Å². The van der Waals surface area contributed by atoms with Crippen molar-refractivity contribution in [2.75, 3.05) is 0 Å². The van der Waals surface area contributed by atoms with Crippen LogP contribution < -0.4 is 0 Å². The SMILES string of the molecule is CC(c1ccccc1)c1ccc(C(C)c2ccc(O)c(S(=O)(=O)O)c2)cc1. The lowest BCUT2D eigenvalue weighted by Gasteiger charge is -2.17. The van der Waals surface area contributed by atoms with Gasteiger partial charge in [-0.2, -0.15) is 8.42 Å². The van der Waals surface area contributed by atoms with Crippen molar-refractivity contribution in [1.29, 1.82) is 0 Å². The minimum absolute atomic E-state index is 0.0906. The van der Waals surface area contributed by atoms with Gasteiger partial charge in [-0.25, -0.2) is 0 Å². The predicted molar refractivity (Wildman–Crippen MR) is 106 cm³/mol. The van der Waals surface area contributed by atoms with Crippen molar-refractivity contribution in [3.05, 3.63) is 95.1 Å². The Labute approximate surface area is 159 Å². The highest BCUT2D eigenvalue weighted by Gasteiger charge is 2.19. The van der Waals surface area contributed by atoms with Crippen molar-refractivity contribution in [1.82, 2.24) is 0 Å². The summed E-state index contributed by atoms with van der Waals surface area (Å²) in [7, 11) is -4.47. The Hall–Kier alpha value is -2.63. The number of rotatable bonds is 5. The Bertz CT molecular complexity index is 1030. The molecule has 0 aliphatic rings. The number of hydrogen-bond donors (Lipinski definition) is 2. The summed E-state index contributed by atoms with van der Waals surface area (Å²) in [5.41, 5.74) is 4.16. The van der Waals surface area contributed by atoms with Gasteiger partial charge in [0.15, 0.2) is 0 Å². The molecule has 2 unspecified atom stereocenters. The van der Waals surface area contributed by atoms with E-state index in [1.54, 1.807) is 6.07 Å². The predicted octanol–water partition coefficient (Wildman–Crippen LogP) is 4.94. The molecule has 3 aromatic carbocycles. The summed E-state index contributed by atoms with van der Waals surface area (Å²) >= 11 is 0. The summed E-state index contributed by atoms with van der Waals surface area (Å²) < 4.78 is 32.1. The Morgan fingerprint density at radius 1 is 0.704 bits per heavy atom. The maximum atomic E-state index is 11.4. The van der Waals surface area contributed by atoms with Gasteiger partial charge in [-0.05, 0) is 34.4 Å². The molecular formula is C22H22O4S. The van der Waals surface area contributed by atoms with E-state index >= 15 is 0 Å². The van der Waals surface area contributed by atoms with Gasteiger partial charge < -0.3 is 5.11 Å². The lowest BCUT2D eigenvalue weighted by molar-refractivity contribution is 0.443. The molecule has 0 aliphatic heterocycles. The Morgan fingerprint density at radius 3 is 1.67 bits per heavy atom. The van der Waals surface area contributed by atoms with E-state index in [1.807, 2.05) is 37.3 Å². The van der Waals surface area contributed by atoms with Gasteiger partial charge >= 0.3 is 0 Å². The van der Waals surface area contributed by atoms with Crippen LogP contribution in [-0.4, -0.2) is 18.1 Å². The van der Waals surface area contributed by atoms with Crippen LogP contribution in [-0.2, 0) is 10.1 Å². The summed E-state index contributed by atoms with van der Waals surface area (Å²) in [6, 6.07) is 22.7. The van der Waals surface area contributed by atoms with Crippen LogP contribution >= 0.6 is 0 Å². The van der Waals surface area contributed by atoms with E-state index in [-0.39, 0.29) is 11.8 Å². The number of benzene rings is 3. The van der Waals surface area contributed by atoms with Gasteiger partial charge in [0.1, 0.15) is 10.6 Å². The zero-order chi connectivity index (χ0) is 19.6. The molecular weight excluding hydrogens is 360 g/mol. The standard InChI is InChI=1S/C22H22O4S/c1-15(17-6-4-3-5-7-17)18-8-10-19(11-9-18)16(2)20-12-13-21(23)22(14-20)27(24,25)26/h3-16,23H,1-2H3,(H,24,25,26). The molecule has 0 amide bonds. The van der Waals surface area contributed by atoms with Crippen LogP contribution in [0, 0.1) is 0 Å². The molecule has 27 heavy (non-hydrogen) atoms. The van der Waals surface area contributed by atoms with Crippen LogP contribution in [0.1, 0.15) is 47.9 Å². The second-order valence-electron chi connectivity index (χ2n) is 6.72. The average molecular weight is 382 g/mol. The van der Waals surface area contributed by atoms with Crippen molar-refractivity contribution in [2.24, 2.45) is 0 Å². The highest BCUT2D eigenvalue weighted by Crippen LogP contribution is 2.32. The average Bonchev–Trinajstić information content (AvgIpc) is 2.67. The molecule has 5 heteroatoms. The molecule has 140 valence electrons. The second-order valence-corrected chi connectivity index (χ2v) is 8.11. The maximum absolute atomic E-state index is 11.4. The first kappa shape index (κ1) is 19.1. The largest absolute Gasteiger partial charge is 0.506 e. The van der Waals surface area contributed by atoms with Gasteiger partial charge in [0.25, 0.3) is 10.1 Å². The summed E-state index contributed by atoms with van der Waals surface area (Å²) in [5, 5.41) is 9.69. The van der Waals surface area contributed by atoms with Crippen LogP contribution in [0.3, 0.4) is 0 Å². The van der Waals surface area contributed by atoms with Crippen LogP contribution in [0.15, 0.2) is 77.7 Å². The molecule has 0 aliphatic carbocycles. The minimum Gasteiger partial charge on any atom is -0.506 e. The third kappa shape index (κ3) is 4.21. The molecule has 0 saturated carbocycles. The molecule has 2 N–H and O–H groups in total. The van der Waals surface area contributed by atoms with E-state index < -0.39 is 20.8 Å². The van der Waals surface area contributed by atoms with Crippen molar-refractivity contribution >= 4 is 10.1 Å². The molecule has 0 fully saturated rings. The Kier molecular flexibility index (Phi) is 5.35. The summed E-state index contributed by atoms with van der Waals surface area (Å²) in [6.07, 6.45) is 0. The normalized spacial score (nSPS) is 13.9. The zero-order valence-electron chi connectivity index (χ0n) is 15.2. The quantitative estimate of drug-likeness (QED) is 0.613. The molecule has 0 heterocycles. The van der Waals surface area contributed by atoms with Gasteiger partial charge in [0.2, 0.25) is 0 Å². The first-order valence-corrected chi connectivity index (χ1v) is 10.2.